The number of carbonyl (C=O) groups excluding carboxylic acids is 1. The Morgan fingerprint density at radius 2 is 2.05 bits per heavy atom. The standard InChI is InChI=1S/C15H20N4O/c1-10-4-6-12(7-5-10)13-8-14(19-18-13)15(20)17-9-11(2)16-3/h4-8,11,16H,9H2,1-3H3,(H,17,20)(H,18,19). The first-order valence-corrected chi connectivity index (χ1v) is 6.68. The van der Waals surface area contributed by atoms with E-state index >= 15 is 0 Å². The van der Waals surface area contributed by atoms with E-state index in [9.17, 15) is 4.79 Å². The quantitative estimate of drug-likeness (QED) is 0.776. The van der Waals surface area contributed by atoms with Crippen molar-refractivity contribution in [3.8, 4) is 11.3 Å². The Kier molecular flexibility index (Phi) is 4.53. The third-order valence-corrected chi connectivity index (χ3v) is 3.23. The Labute approximate surface area is 118 Å². The summed E-state index contributed by atoms with van der Waals surface area (Å²) in [5.41, 5.74) is 3.44. The van der Waals surface area contributed by atoms with E-state index < -0.39 is 0 Å². The first-order valence-electron chi connectivity index (χ1n) is 6.68. The van der Waals surface area contributed by atoms with E-state index in [0.29, 0.717) is 12.2 Å². The number of hydrogen-bond acceptors (Lipinski definition) is 3. The van der Waals surface area contributed by atoms with Crippen molar-refractivity contribution in [2.24, 2.45) is 0 Å². The Bertz CT molecular complexity index is 574. The number of nitrogens with zero attached hydrogens (tertiary/aromatic N) is 1. The molecule has 1 amide bonds. The van der Waals surface area contributed by atoms with Crippen LogP contribution in [-0.4, -0.2) is 35.7 Å². The van der Waals surface area contributed by atoms with Gasteiger partial charge in [-0.1, -0.05) is 29.8 Å². The summed E-state index contributed by atoms with van der Waals surface area (Å²) >= 11 is 0. The fourth-order valence-electron chi connectivity index (χ4n) is 1.75. The molecule has 0 saturated carbocycles. The Hall–Kier alpha value is -2.14. The molecule has 20 heavy (non-hydrogen) atoms. The molecule has 5 heteroatoms. The molecule has 0 fully saturated rings. The van der Waals surface area contributed by atoms with Gasteiger partial charge in [-0.3, -0.25) is 9.89 Å². The molecule has 2 rings (SSSR count). The van der Waals surface area contributed by atoms with E-state index in [4.69, 9.17) is 0 Å². The van der Waals surface area contributed by atoms with E-state index in [1.807, 2.05) is 45.2 Å². The van der Waals surface area contributed by atoms with Gasteiger partial charge in [-0.2, -0.15) is 5.10 Å². The molecule has 0 bridgehead atoms. The van der Waals surface area contributed by atoms with Crippen LogP contribution in [0, 0.1) is 6.92 Å². The van der Waals surface area contributed by atoms with Crippen molar-refractivity contribution in [2.45, 2.75) is 19.9 Å². The summed E-state index contributed by atoms with van der Waals surface area (Å²) in [7, 11) is 1.86. The highest BCUT2D eigenvalue weighted by atomic mass is 16.1. The average Bonchev–Trinajstić information content (AvgIpc) is 2.95. The lowest BCUT2D eigenvalue weighted by atomic mass is 10.1. The molecule has 5 nitrogen and oxygen atoms in total. The van der Waals surface area contributed by atoms with Crippen LogP contribution in [-0.2, 0) is 0 Å². The summed E-state index contributed by atoms with van der Waals surface area (Å²) in [4.78, 5) is 12.0. The Morgan fingerprint density at radius 1 is 1.35 bits per heavy atom. The topological polar surface area (TPSA) is 69.8 Å². The van der Waals surface area contributed by atoms with E-state index in [2.05, 4.69) is 20.8 Å². The largest absolute Gasteiger partial charge is 0.349 e. The molecule has 106 valence electrons. The second-order valence-electron chi connectivity index (χ2n) is 4.93. The van der Waals surface area contributed by atoms with Gasteiger partial charge in [0.25, 0.3) is 5.91 Å². The number of aromatic nitrogens is 2. The molecule has 1 heterocycles. The van der Waals surface area contributed by atoms with Gasteiger partial charge in [0.15, 0.2) is 0 Å². The van der Waals surface area contributed by atoms with Crippen LogP contribution in [0.25, 0.3) is 11.3 Å². The van der Waals surface area contributed by atoms with Gasteiger partial charge in [0.2, 0.25) is 0 Å². The predicted molar refractivity (Wildman–Crippen MR) is 79.6 cm³/mol. The van der Waals surface area contributed by atoms with Crippen molar-refractivity contribution in [1.29, 1.82) is 0 Å². The fourth-order valence-corrected chi connectivity index (χ4v) is 1.75. The molecular formula is C15H20N4O. The summed E-state index contributed by atoms with van der Waals surface area (Å²) < 4.78 is 0. The lowest BCUT2D eigenvalue weighted by Crippen LogP contribution is -2.37. The highest BCUT2D eigenvalue weighted by molar-refractivity contribution is 5.93. The number of aryl methyl sites for hydroxylation is 1. The van der Waals surface area contributed by atoms with Crippen LogP contribution in [0.4, 0.5) is 0 Å². The van der Waals surface area contributed by atoms with Gasteiger partial charge >= 0.3 is 0 Å². The second kappa shape index (κ2) is 6.34. The lowest BCUT2D eigenvalue weighted by Gasteiger charge is -2.10. The fraction of sp³-hybridized carbons (Fsp3) is 0.333. The zero-order chi connectivity index (χ0) is 14.5. The second-order valence-corrected chi connectivity index (χ2v) is 4.93. The Balaban J connectivity index is 2.05. The molecule has 1 aromatic carbocycles. The van der Waals surface area contributed by atoms with Crippen LogP contribution < -0.4 is 10.6 Å². The minimum absolute atomic E-state index is 0.141. The molecule has 0 aliphatic carbocycles. The zero-order valence-electron chi connectivity index (χ0n) is 12.0. The first kappa shape index (κ1) is 14.3. The van der Waals surface area contributed by atoms with E-state index in [1.54, 1.807) is 6.07 Å². The van der Waals surface area contributed by atoms with Crippen LogP contribution in [0.3, 0.4) is 0 Å². The molecule has 0 aliphatic rings. The summed E-state index contributed by atoms with van der Waals surface area (Å²) in [6, 6.07) is 10.0. The van der Waals surface area contributed by atoms with Crippen LogP contribution in [0.2, 0.25) is 0 Å². The van der Waals surface area contributed by atoms with Crippen LogP contribution in [0.1, 0.15) is 23.0 Å². The van der Waals surface area contributed by atoms with Crippen LogP contribution in [0.5, 0.6) is 0 Å². The smallest absolute Gasteiger partial charge is 0.269 e. The van der Waals surface area contributed by atoms with Crippen molar-refractivity contribution in [3.63, 3.8) is 0 Å². The predicted octanol–water partition coefficient (Wildman–Crippen LogP) is 1.72. The molecule has 0 radical (unpaired) electrons. The van der Waals surface area contributed by atoms with Crippen molar-refractivity contribution in [1.82, 2.24) is 20.8 Å². The van der Waals surface area contributed by atoms with Gasteiger partial charge in [0.1, 0.15) is 5.69 Å². The molecule has 1 aromatic heterocycles. The van der Waals surface area contributed by atoms with E-state index in [0.717, 1.165) is 11.3 Å². The van der Waals surface area contributed by atoms with E-state index in [1.165, 1.54) is 5.56 Å². The van der Waals surface area contributed by atoms with Gasteiger partial charge in [-0.25, -0.2) is 0 Å². The normalized spacial score (nSPS) is 12.2. The average molecular weight is 272 g/mol. The minimum Gasteiger partial charge on any atom is -0.349 e. The van der Waals surface area contributed by atoms with Crippen LogP contribution in [0.15, 0.2) is 30.3 Å². The maximum absolute atomic E-state index is 12.0. The van der Waals surface area contributed by atoms with Gasteiger partial charge in [-0.15, -0.1) is 0 Å². The van der Waals surface area contributed by atoms with Gasteiger partial charge < -0.3 is 10.6 Å². The maximum atomic E-state index is 12.0. The van der Waals surface area contributed by atoms with Gasteiger partial charge in [0.05, 0.1) is 5.69 Å². The molecule has 1 unspecified atom stereocenters. The monoisotopic (exact) mass is 272 g/mol. The molecule has 2 aromatic rings. The van der Waals surface area contributed by atoms with Crippen molar-refractivity contribution >= 4 is 5.91 Å². The van der Waals surface area contributed by atoms with Crippen molar-refractivity contribution in [2.75, 3.05) is 13.6 Å². The summed E-state index contributed by atoms with van der Waals surface area (Å²) in [6.45, 7) is 4.62. The van der Waals surface area contributed by atoms with E-state index in [-0.39, 0.29) is 11.9 Å². The molecule has 0 saturated heterocycles. The third-order valence-electron chi connectivity index (χ3n) is 3.23. The van der Waals surface area contributed by atoms with Crippen LogP contribution >= 0.6 is 0 Å². The summed E-state index contributed by atoms with van der Waals surface area (Å²) in [5, 5.41) is 12.9. The molecule has 0 spiro atoms. The molecule has 3 N–H and O–H groups in total. The SMILES string of the molecule is CNC(C)CNC(=O)c1cc(-c2ccc(C)cc2)n[nH]1. The number of hydrogen-bond donors (Lipinski definition) is 3. The summed E-state index contributed by atoms with van der Waals surface area (Å²) in [6.07, 6.45) is 0. The highest BCUT2D eigenvalue weighted by Gasteiger charge is 2.11. The highest BCUT2D eigenvalue weighted by Crippen LogP contribution is 2.18. The number of carbonyl (C=O) groups is 1. The number of amides is 1. The Morgan fingerprint density at radius 3 is 2.70 bits per heavy atom. The summed E-state index contributed by atoms with van der Waals surface area (Å²) in [5.74, 6) is -0.141. The molecule has 1 atom stereocenters. The number of H-pyrrole nitrogens is 1. The number of benzene rings is 1. The molecule has 0 aliphatic heterocycles. The van der Waals surface area contributed by atoms with Gasteiger partial charge in [-0.05, 0) is 27.0 Å². The third kappa shape index (κ3) is 3.45. The van der Waals surface area contributed by atoms with Gasteiger partial charge in [0, 0.05) is 18.2 Å². The zero-order valence-corrected chi connectivity index (χ0v) is 12.0. The first-order chi connectivity index (χ1) is 9.60. The number of aromatic amines is 1. The molecular weight excluding hydrogens is 252 g/mol. The maximum Gasteiger partial charge on any atom is 0.269 e. The van der Waals surface area contributed by atoms with Crippen molar-refractivity contribution < 1.29 is 4.79 Å². The van der Waals surface area contributed by atoms with Crippen molar-refractivity contribution in [3.05, 3.63) is 41.6 Å². The lowest BCUT2D eigenvalue weighted by molar-refractivity contribution is 0.0945. The minimum atomic E-state index is -0.141. The number of likely N-dealkylation sites (N-methyl/N-ethyl adjacent to an activating group) is 1. The number of rotatable bonds is 5. The number of nitrogens with one attached hydrogen (secondary N) is 3.